The van der Waals surface area contributed by atoms with E-state index in [-0.39, 0.29) is 0 Å². The van der Waals surface area contributed by atoms with Crippen LogP contribution in [-0.4, -0.2) is 26.1 Å². The minimum absolute atomic E-state index is 0.587. The molecule has 21 heavy (non-hydrogen) atoms. The van der Waals surface area contributed by atoms with E-state index in [9.17, 15) is 0 Å². The maximum absolute atomic E-state index is 4.59. The highest BCUT2D eigenvalue weighted by Gasteiger charge is 2.28. The van der Waals surface area contributed by atoms with Crippen LogP contribution >= 0.6 is 0 Å². The van der Waals surface area contributed by atoms with Gasteiger partial charge in [0.25, 0.3) is 0 Å². The number of imidazole rings is 1. The van der Waals surface area contributed by atoms with E-state index in [1.807, 2.05) is 6.33 Å². The third kappa shape index (κ3) is 1.60. The number of hydrogen-bond donors (Lipinski definition) is 0. The van der Waals surface area contributed by atoms with Crippen LogP contribution in [0.4, 0.5) is 11.5 Å². The van der Waals surface area contributed by atoms with Crippen LogP contribution in [-0.2, 0) is 6.42 Å². The molecule has 3 aromatic rings. The smallest absolute Gasteiger partial charge is 0.165 e. The number of benzene rings is 1. The fourth-order valence-corrected chi connectivity index (χ4v) is 3.22. The molecule has 5 heteroatoms. The Hall–Kier alpha value is -2.43. The van der Waals surface area contributed by atoms with Gasteiger partial charge in [-0.1, -0.05) is 18.2 Å². The molecule has 1 fully saturated rings. The molecule has 2 aliphatic rings. The monoisotopic (exact) mass is 277 g/mol. The lowest BCUT2D eigenvalue weighted by Crippen LogP contribution is -2.15. The van der Waals surface area contributed by atoms with Crippen LogP contribution in [0.15, 0.2) is 36.9 Å². The van der Waals surface area contributed by atoms with E-state index in [1.54, 1.807) is 6.33 Å². The molecule has 0 spiro atoms. The molecule has 1 aromatic carbocycles. The van der Waals surface area contributed by atoms with Gasteiger partial charge in [-0.3, -0.25) is 0 Å². The molecule has 5 nitrogen and oxygen atoms in total. The molecule has 0 amide bonds. The topological polar surface area (TPSA) is 46.8 Å². The lowest BCUT2D eigenvalue weighted by Gasteiger charge is -2.18. The molecule has 1 saturated carbocycles. The Labute approximate surface area is 122 Å². The highest BCUT2D eigenvalue weighted by Crippen LogP contribution is 2.39. The summed E-state index contributed by atoms with van der Waals surface area (Å²) >= 11 is 0. The Bertz CT molecular complexity index is 834. The van der Waals surface area contributed by atoms with Crippen molar-refractivity contribution in [3.05, 3.63) is 42.5 Å². The Morgan fingerprint density at radius 3 is 2.86 bits per heavy atom. The van der Waals surface area contributed by atoms with Crippen molar-refractivity contribution in [2.75, 3.05) is 11.4 Å². The lowest BCUT2D eigenvalue weighted by molar-refractivity contribution is 0.756. The first-order chi connectivity index (χ1) is 10.4. The van der Waals surface area contributed by atoms with Crippen molar-refractivity contribution in [2.45, 2.75) is 25.3 Å². The van der Waals surface area contributed by atoms with Crippen LogP contribution in [0, 0.1) is 0 Å². The summed E-state index contributed by atoms with van der Waals surface area (Å²) in [6.07, 6.45) is 7.11. The second-order valence-corrected chi connectivity index (χ2v) is 5.78. The first kappa shape index (κ1) is 11.3. The van der Waals surface area contributed by atoms with Gasteiger partial charge in [0.1, 0.15) is 6.33 Å². The Morgan fingerprint density at radius 2 is 1.95 bits per heavy atom. The van der Waals surface area contributed by atoms with Gasteiger partial charge < -0.3 is 9.47 Å². The van der Waals surface area contributed by atoms with Crippen molar-refractivity contribution < 1.29 is 0 Å². The Balaban J connectivity index is 1.69. The van der Waals surface area contributed by atoms with E-state index < -0.39 is 0 Å². The van der Waals surface area contributed by atoms with Gasteiger partial charge >= 0.3 is 0 Å². The van der Waals surface area contributed by atoms with Crippen LogP contribution in [0.3, 0.4) is 0 Å². The van der Waals surface area contributed by atoms with Gasteiger partial charge in [0.05, 0.1) is 6.33 Å². The molecule has 104 valence electrons. The van der Waals surface area contributed by atoms with E-state index >= 15 is 0 Å². The molecule has 1 aliphatic heterocycles. The van der Waals surface area contributed by atoms with E-state index in [0.29, 0.717) is 6.04 Å². The van der Waals surface area contributed by atoms with Gasteiger partial charge in [-0.15, -0.1) is 0 Å². The summed E-state index contributed by atoms with van der Waals surface area (Å²) in [4.78, 5) is 15.8. The van der Waals surface area contributed by atoms with Gasteiger partial charge in [0.15, 0.2) is 17.0 Å². The molecule has 0 atom stereocenters. The van der Waals surface area contributed by atoms with Crippen molar-refractivity contribution in [3.63, 3.8) is 0 Å². The SMILES string of the molecule is c1ccc2c(c1)CCN2c1ncnc2c1ncn2C1CC1. The van der Waals surface area contributed by atoms with E-state index in [0.717, 1.165) is 29.9 Å². The number of anilines is 2. The van der Waals surface area contributed by atoms with Crippen molar-refractivity contribution in [2.24, 2.45) is 0 Å². The number of fused-ring (bicyclic) bond motifs is 2. The van der Waals surface area contributed by atoms with Crippen LogP contribution in [0.5, 0.6) is 0 Å². The van der Waals surface area contributed by atoms with E-state index in [1.165, 1.54) is 24.1 Å². The molecular formula is C16H15N5. The number of aromatic nitrogens is 4. The third-order valence-electron chi connectivity index (χ3n) is 4.42. The van der Waals surface area contributed by atoms with Gasteiger partial charge in [-0.05, 0) is 30.9 Å². The summed E-state index contributed by atoms with van der Waals surface area (Å²) < 4.78 is 2.20. The predicted molar refractivity (Wildman–Crippen MR) is 80.7 cm³/mol. The fraction of sp³-hybridized carbons (Fsp3) is 0.312. The number of rotatable bonds is 2. The molecule has 0 unspecified atom stereocenters. The molecule has 3 heterocycles. The molecule has 0 bridgehead atoms. The molecule has 2 aromatic heterocycles. The number of nitrogens with zero attached hydrogens (tertiary/aromatic N) is 5. The van der Waals surface area contributed by atoms with Crippen LogP contribution in [0.25, 0.3) is 11.2 Å². The van der Waals surface area contributed by atoms with Gasteiger partial charge in [-0.25, -0.2) is 15.0 Å². The summed E-state index contributed by atoms with van der Waals surface area (Å²) in [5.74, 6) is 0.935. The minimum atomic E-state index is 0.587. The molecule has 0 saturated heterocycles. The highest BCUT2D eigenvalue weighted by molar-refractivity contribution is 5.87. The summed E-state index contributed by atoms with van der Waals surface area (Å²) in [6, 6.07) is 9.12. The first-order valence-corrected chi connectivity index (χ1v) is 7.45. The second kappa shape index (κ2) is 4.04. The zero-order valence-corrected chi connectivity index (χ0v) is 11.6. The van der Waals surface area contributed by atoms with Gasteiger partial charge in [0.2, 0.25) is 0 Å². The van der Waals surface area contributed by atoms with Crippen molar-refractivity contribution >= 4 is 22.7 Å². The van der Waals surface area contributed by atoms with Crippen LogP contribution in [0.2, 0.25) is 0 Å². The third-order valence-corrected chi connectivity index (χ3v) is 4.42. The zero-order valence-electron chi connectivity index (χ0n) is 11.6. The number of hydrogen-bond acceptors (Lipinski definition) is 4. The van der Waals surface area contributed by atoms with E-state index in [2.05, 4.69) is 48.7 Å². The Morgan fingerprint density at radius 1 is 1.05 bits per heavy atom. The van der Waals surface area contributed by atoms with Crippen molar-refractivity contribution in [1.82, 2.24) is 19.5 Å². The summed E-state index contributed by atoms with van der Waals surface area (Å²) in [5.41, 5.74) is 4.51. The van der Waals surface area contributed by atoms with Crippen LogP contribution < -0.4 is 4.90 Å². The normalized spacial score (nSPS) is 17.4. The van der Waals surface area contributed by atoms with Crippen molar-refractivity contribution in [3.8, 4) is 0 Å². The number of para-hydroxylation sites is 1. The van der Waals surface area contributed by atoms with Gasteiger partial charge in [0, 0.05) is 18.3 Å². The largest absolute Gasteiger partial charge is 0.324 e. The molecule has 0 radical (unpaired) electrons. The maximum atomic E-state index is 4.59. The molecular weight excluding hydrogens is 262 g/mol. The maximum Gasteiger partial charge on any atom is 0.165 e. The van der Waals surface area contributed by atoms with Gasteiger partial charge in [-0.2, -0.15) is 0 Å². The zero-order chi connectivity index (χ0) is 13.8. The van der Waals surface area contributed by atoms with E-state index in [4.69, 9.17) is 0 Å². The van der Waals surface area contributed by atoms with Crippen LogP contribution in [0.1, 0.15) is 24.4 Å². The summed E-state index contributed by atoms with van der Waals surface area (Å²) in [6.45, 7) is 0.960. The molecule has 5 rings (SSSR count). The minimum Gasteiger partial charge on any atom is -0.324 e. The quantitative estimate of drug-likeness (QED) is 0.722. The standard InChI is InChI=1S/C16H15N5/c1-2-4-13-11(3-1)7-8-20(13)15-14-16(18-9-17-15)21(10-19-14)12-5-6-12/h1-4,9-10,12H,5-8H2. The first-order valence-electron chi connectivity index (χ1n) is 7.45. The molecule has 0 N–H and O–H groups in total. The average Bonchev–Trinajstić information content (AvgIpc) is 3.13. The Kier molecular flexibility index (Phi) is 2.16. The second-order valence-electron chi connectivity index (χ2n) is 5.78. The molecule has 1 aliphatic carbocycles. The fourth-order valence-electron chi connectivity index (χ4n) is 3.22. The summed E-state index contributed by atoms with van der Waals surface area (Å²) in [5, 5.41) is 0. The highest BCUT2D eigenvalue weighted by atomic mass is 15.2. The lowest BCUT2D eigenvalue weighted by atomic mass is 10.2. The predicted octanol–water partition coefficient (Wildman–Crippen LogP) is 2.86. The van der Waals surface area contributed by atoms with Crippen molar-refractivity contribution in [1.29, 1.82) is 0 Å². The summed E-state index contributed by atoms with van der Waals surface area (Å²) in [7, 11) is 0. The average molecular weight is 277 g/mol.